The summed E-state index contributed by atoms with van der Waals surface area (Å²) >= 11 is 0. The van der Waals surface area contributed by atoms with Gasteiger partial charge in [0, 0.05) is 22.5 Å². The van der Waals surface area contributed by atoms with Crippen LogP contribution in [0.15, 0.2) is 97.1 Å². The molecule has 4 aromatic carbocycles. The minimum Gasteiger partial charge on any atom is -0.399 e. The number of carbonyl (C=O) groups is 1. The molecule has 5 rings (SSSR count). The van der Waals surface area contributed by atoms with Crippen molar-refractivity contribution in [2.75, 3.05) is 11.1 Å². The van der Waals surface area contributed by atoms with E-state index in [1.165, 1.54) is 0 Å². The molecule has 5 aromatic rings. The van der Waals surface area contributed by atoms with Gasteiger partial charge in [-0.25, -0.2) is 4.98 Å². The predicted octanol–water partition coefficient (Wildman–Crippen LogP) is 5.73. The molecule has 0 fully saturated rings. The normalized spacial score (nSPS) is 10.8. The maximum Gasteiger partial charge on any atom is 0.255 e. The lowest BCUT2D eigenvalue weighted by molar-refractivity contribution is 0.102. The van der Waals surface area contributed by atoms with Crippen molar-refractivity contribution in [2.45, 2.75) is 0 Å². The number of rotatable bonds is 4. The number of benzene rings is 4. The zero-order valence-electron chi connectivity index (χ0n) is 16.7. The van der Waals surface area contributed by atoms with Gasteiger partial charge in [-0.2, -0.15) is 0 Å². The SMILES string of the molecule is Nc1ccc2nc(-c3ccc(NC(=O)c4ccc(-c5ccccc5)cc4)cc3)[nH]c2c1. The molecule has 4 N–H and O–H groups in total. The first-order valence-electron chi connectivity index (χ1n) is 9.98. The monoisotopic (exact) mass is 404 g/mol. The molecule has 1 heterocycles. The Morgan fingerprint density at radius 2 is 1.45 bits per heavy atom. The summed E-state index contributed by atoms with van der Waals surface area (Å²) in [4.78, 5) is 20.5. The van der Waals surface area contributed by atoms with Crippen molar-refractivity contribution in [3.05, 3.63) is 103 Å². The van der Waals surface area contributed by atoms with Crippen LogP contribution in [0.3, 0.4) is 0 Å². The number of fused-ring (bicyclic) bond motifs is 1. The van der Waals surface area contributed by atoms with Crippen LogP contribution in [0, 0.1) is 0 Å². The van der Waals surface area contributed by atoms with Gasteiger partial charge < -0.3 is 16.0 Å². The number of carbonyl (C=O) groups excluding carboxylic acids is 1. The smallest absolute Gasteiger partial charge is 0.255 e. The van der Waals surface area contributed by atoms with Crippen LogP contribution in [0.2, 0.25) is 0 Å². The Balaban J connectivity index is 1.30. The third-order valence-electron chi connectivity index (χ3n) is 5.18. The van der Waals surface area contributed by atoms with E-state index in [0.717, 1.165) is 39.2 Å². The molecular weight excluding hydrogens is 384 g/mol. The van der Waals surface area contributed by atoms with Crippen LogP contribution in [-0.4, -0.2) is 15.9 Å². The summed E-state index contributed by atoms with van der Waals surface area (Å²) in [6.07, 6.45) is 0. The lowest BCUT2D eigenvalue weighted by atomic mass is 10.0. The summed E-state index contributed by atoms with van der Waals surface area (Å²) < 4.78 is 0. The van der Waals surface area contributed by atoms with Gasteiger partial charge in [-0.1, -0.05) is 42.5 Å². The number of nitrogens with two attached hydrogens (primary N) is 1. The Hall–Kier alpha value is -4.38. The van der Waals surface area contributed by atoms with Crippen molar-refractivity contribution in [1.82, 2.24) is 9.97 Å². The number of nitrogens with one attached hydrogen (secondary N) is 2. The second-order valence-corrected chi connectivity index (χ2v) is 7.34. The zero-order valence-corrected chi connectivity index (χ0v) is 16.7. The Morgan fingerprint density at radius 1 is 0.774 bits per heavy atom. The molecule has 0 atom stereocenters. The first-order valence-corrected chi connectivity index (χ1v) is 9.98. The van der Waals surface area contributed by atoms with Crippen LogP contribution < -0.4 is 11.1 Å². The summed E-state index contributed by atoms with van der Waals surface area (Å²) in [5, 5.41) is 2.94. The van der Waals surface area contributed by atoms with Crippen molar-refractivity contribution >= 4 is 28.3 Å². The standard InChI is InChI=1S/C26H20N4O/c27-21-12-15-23-24(16-21)30-25(29-23)19-10-13-22(14-11-19)28-26(31)20-8-6-18(7-9-20)17-4-2-1-3-5-17/h1-16H,27H2,(H,28,31)(H,29,30). The Labute approximate surface area is 179 Å². The highest BCUT2D eigenvalue weighted by molar-refractivity contribution is 6.04. The molecule has 0 radical (unpaired) electrons. The summed E-state index contributed by atoms with van der Waals surface area (Å²) in [5.74, 6) is 0.613. The minimum absolute atomic E-state index is 0.147. The second kappa shape index (κ2) is 7.80. The lowest BCUT2D eigenvalue weighted by Crippen LogP contribution is -2.11. The van der Waals surface area contributed by atoms with Crippen molar-refractivity contribution in [1.29, 1.82) is 0 Å². The largest absolute Gasteiger partial charge is 0.399 e. The molecular formula is C26H20N4O. The molecule has 1 aromatic heterocycles. The van der Waals surface area contributed by atoms with Crippen LogP contribution in [0.1, 0.15) is 10.4 Å². The van der Waals surface area contributed by atoms with Crippen LogP contribution in [0.4, 0.5) is 11.4 Å². The van der Waals surface area contributed by atoms with E-state index in [2.05, 4.69) is 15.3 Å². The van der Waals surface area contributed by atoms with E-state index in [1.807, 2.05) is 97.1 Å². The lowest BCUT2D eigenvalue weighted by Gasteiger charge is -2.07. The molecule has 0 saturated carbocycles. The highest BCUT2D eigenvalue weighted by Gasteiger charge is 2.09. The van der Waals surface area contributed by atoms with Gasteiger partial charge in [-0.05, 0) is 65.7 Å². The van der Waals surface area contributed by atoms with E-state index in [4.69, 9.17) is 5.73 Å². The maximum atomic E-state index is 12.6. The number of amides is 1. The van der Waals surface area contributed by atoms with Gasteiger partial charge in [0.2, 0.25) is 0 Å². The molecule has 0 aliphatic heterocycles. The van der Waals surface area contributed by atoms with Crippen molar-refractivity contribution in [3.8, 4) is 22.5 Å². The number of hydrogen-bond acceptors (Lipinski definition) is 3. The molecule has 5 nitrogen and oxygen atoms in total. The van der Waals surface area contributed by atoms with Gasteiger partial charge in [0.05, 0.1) is 11.0 Å². The van der Waals surface area contributed by atoms with E-state index in [-0.39, 0.29) is 5.91 Å². The number of imidazole rings is 1. The minimum atomic E-state index is -0.147. The fraction of sp³-hybridized carbons (Fsp3) is 0. The molecule has 0 spiro atoms. The van der Waals surface area contributed by atoms with Gasteiger partial charge in [0.1, 0.15) is 5.82 Å². The first kappa shape index (κ1) is 18.6. The van der Waals surface area contributed by atoms with E-state index in [1.54, 1.807) is 0 Å². The number of aromatic amines is 1. The van der Waals surface area contributed by atoms with Crippen LogP contribution in [0.25, 0.3) is 33.5 Å². The Bertz CT molecular complexity index is 1350. The quantitative estimate of drug-likeness (QED) is 0.334. The van der Waals surface area contributed by atoms with Gasteiger partial charge in [-0.15, -0.1) is 0 Å². The van der Waals surface area contributed by atoms with Crippen molar-refractivity contribution in [3.63, 3.8) is 0 Å². The summed E-state index contributed by atoms with van der Waals surface area (Å²) in [6, 6.07) is 30.9. The third kappa shape index (κ3) is 3.89. The maximum absolute atomic E-state index is 12.6. The molecule has 150 valence electrons. The van der Waals surface area contributed by atoms with Gasteiger partial charge in [0.25, 0.3) is 5.91 Å². The zero-order chi connectivity index (χ0) is 21.2. The predicted molar refractivity (Wildman–Crippen MR) is 126 cm³/mol. The molecule has 5 heteroatoms. The van der Waals surface area contributed by atoms with Gasteiger partial charge >= 0.3 is 0 Å². The average molecular weight is 404 g/mol. The van der Waals surface area contributed by atoms with Gasteiger partial charge in [0.15, 0.2) is 0 Å². The third-order valence-corrected chi connectivity index (χ3v) is 5.18. The fourth-order valence-corrected chi connectivity index (χ4v) is 3.52. The van der Waals surface area contributed by atoms with E-state index >= 15 is 0 Å². The number of nitrogens with zero attached hydrogens (tertiary/aromatic N) is 1. The molecule has 0 unspecified atom stereocenters. The summed E-state index contributed by atoms with van der Waals surface area (Å²) in [6.45, 7) is 0. The fourth-order valence-electron chi connectivity index (χ4n) is 3.52. The Kier molecular flexibility index (Phi) is 4.69. The summed E-state index contributed by atoms with van der Waals surface area (Å²) in [5.41, 5.74) is 12.7. The van der Waals surface area contributed by atoms with Crippen LogP contribution in [0.5, 0.6) is 0 Å². The van der Waals surface area contributed by atoms with Crippen LogP contribution in [-0.2, 0) is 0 Å². The molecule has 0 saturated heterocycles. The molecule has 0 aliphatic rings. The van der Waals surface area contributed by atoms with Crippen LogP contribution >= 0.6 is 0 Å². The van der Waals surface area contributed by atoms with E-state index in [9.17, 15) is 4.79 Å². The molecule has 1 amide bonds. The number of hydrogen-bond donors (Lipinski definition) is 3. The first-order chi connectivity index (χ1) is 15.2. The highest BCUT2D eigenvalue weighted by atomic mass is 16.1. The van der Waals surface area contributed by atoms with E-state index in [0.29, 0.717) is 11.3 Å². The summed E-state index contributed by atoms with van der Waals surface area (Å²) in [7, 11) is 0. The second-order valence-electron chi connectivity index (χ2n) is 7.34. The number of H-pyrrole nitrogens is 1. The molecule has 0 bridgehead atoms. The van der Waals surface area contributed by atoms with Crippen molar-refractivity contribution in [2.24, 2.45) is 0 Å². The molecule has 0 aliphatic carbocycles. The number of anilines is 2. The van der Waals surface area contributed by atoms with Crippen molar-refractivity contribution < 1.29 is 4.79 Å². The van der Waals surface area contributed by atoms with Gasteiger partial charge in [-0.3, -0.25) is 4.79 Å². The number of nitrogen functional groups attached to an aromatic ring is 1. The Morgan fingerprint density at radius 3 is 2.19 bits per heavy atom. The average Bonchev–Trinajstić information content (AvgIpc) is 3.23. The molecule has 31 heavy (non-hydrogen) atoms. The highest BCUT2D eigenvalue weighted by Crippen LogP contribution is 2.24. The topological polar surface area (TPSA) is 83.8 Å². The number of aromatic nitrogens is 2. The van der Waals surface area contributed by atoms with E-state index < -0.39 is 0 Å².